The fourth-order valence-corrected chi connectivity index (χ4v) is 2.49. The summed E-state index contributed by atoms with van der Waals surface area (Å²) in [7, 11) is 0. The maximum Gasteiger partial charge on any atom is 0.119 e. The molecule has 1 aromatic heterocycles. The van der Waals surface area contributed by atoms with Gasteiger partial charge in [0.1, 0.15) is 5.75 Å². The number of aliphatic hydroxyl groups is 1. The molecule has 0 bridgehead atoms. The fraction of sp³-hybridized carbons (Fsp3) is 0.400. The first-order valence-electron chi connectivity index (χ1n) is 6.42. The van der Waals surface area contributed by atoms with Crippen LogP contribution in [0.15, 0.2) is 29.6 Å². The Morgan fingerprint density at radius 1 is 1.37 bits per heavy atom. The Balaban J connectivity index is 1.73. The Morgan fingerprint density at radius 3 is 2.89 bits per heavy atom. The highest BCUT2D eigenvalue weighted by molar-refractivity contribution is 7.09. The van der Waals surface area contributed by atoms with Crippen LogP contribution in [0.25, 0.3) is 0 Å². The van der Waals surface area contributed by atoms with E-state index < -0.39 is 6.10 Å². The molecule has 0 saturated carbocycles. The number of aryl methyl sites for hydroxylation is 2. The summed E-state index contributed by atoms with van der Waals surface area (Å²) in [6.07, 6.45) is 0.817. The summed E-state index contributed by atoms with van der Waals surface area (Å²) in [4.78, 5) is 4.35. The van der Waals surface area contributed by atoms with Gasteiger partial charge >= 0.3 is 0 Å². The van der Waals surface area contributed by atoms with Crippen LogP contribution < -0.4 is 4.74 Å². The second kappa shape index (κ2) is 6.68. The lowest BCUT2D eigenvalue weighted by Gasteiger charge is -2.10. The molecule has 0 spiro atoms. The minimum absolute atomic E-state index is 0.397. The summed E-state index contributed by atoms with van der Waals surface area (Å²) in [5, 5.41) is 13.0. The van der Waals surface area contributed by atoms with Crippen LogP contribution in [0.5, 0.6) is 5.75 Å². The molecule has 1 N–H and O–H groups in total. The van der Waals surface area contributed by atoms with Gasteiger partial charge in [0, 0.05) is 18.2 Å². The highest BCUT2D eigenvalue weighted by Gasteiger charge is 2.08. The molecule has 1 heterocycles. The van der Waals surface area contributed by atoms with Crippen molar-refractivity contribution < 1.29 is 9.84 Å². The lowest BCUT2D eigenvalue weighted by atomic mass is 10.1. The van der Waals surface area contributed by atoms with Crippen molar-refractivity contribution in [2.24, 2.45) is 0 Å². The second-order valence-electron chi connectivity index (χ2n) is 4.67. The van der Waals surface area contributed by atoms with Crippen LogP contribution >= 0.6 is 11.3 Å². The smallest absolute Gasteiger partial charge is 0.119 e. The van der Waals surface area contributed by atoms with Gasteiger partial charge in [0.25, 0.3) is 0 Å². The molecule has 2 aromatic rings. The van der Waals surface area contributed by atoms with E-state index in [-0.39, 0.29) is 0 Å². The van der Waals surface area contributed by atoms with Gasteiger partial charge in [0.15, 0.2) is 0 Å². The van der Waals surface area contributed by atoms with Crippen molar-refractivity contribution in [3.05, 3.63) is 45.9 Å². The molecular formula is C15H19NO2S. The number of ether oxygens (including phenoxy) is 1. The zero-order valence-corrected chi connectivity index (χ0v) is 12.1. The summed E-state index contributed by atoms with van der Waals surface area (Å²) < 4.78 is 5.62. The molecule has 1 atom stereocenters. The number of thiazole rings is 1. The number of aliphatic hydroxyl groups excluding tert-OH is 1. The third-order valence-electron chi connectivity index (χ3n) is 2.82. The summed E-state index contributed by atoms with van der Waals surface area (Å²) in [5.74, 6) is 0.858. The van der Waals surface area contributed by atoms with Gasteiger partial charge in [0.2, 0.25) is 0 Å². The predicted molar refractivity (Wildman–Crippen MR) is 77.9 cm³/mol. The average molecular weight is 277 g/mol. The van der Waals surface area contributed by atoms with E-state index in [4.69, 9.17) is 4.74 Å². The van der Waals surface area contributed by atoms with Gasteiger partial charge in [-0.05, 0) is 31.5 Å². The SMILES string of the molecule is Cc1cccc(OCCC(O)Cc2csc(C)n2)c1. The molecule has 102 valence electrons. The highest BCUT2D eigenvalue weighted by Crippen LogP contribution is 2.14. The van der Waals surface area contributed by atoms with E-state index >= 15 is 0 Å². The van der Waals surface area contributed by atoms with Crippen molar-refractivity contribution in [2.45, 2.75) is 32.8 Å². The van der Waals surface area contributed by atoms with Crippen LogP contribution in [0.2, 0.25) is 0 Å². The zero-order valence-electron chi connectivity index (χ0n) is 11.3. The van der Waals surface area contributed by atoms with E-state index in [9.17, 15) is 5.11 Å². The van der Waals surface area contributed by atoms with Crippen LogP contribution in [-0.2, 0) is 6.42 Å². The Morgan fingerprint density at radius 2 is 2.21 bits per heavy atom. The third-order valence-corrected chi connectivity index (χ3v) is 3.64. The molecule has 0 saturated heterocycles. The van der Waals surface area contributed by atoms with E-state index in [0.717, 1.165) is 16.5 Å². The molecule has 1 unspecified atom stereocenters. The van der Waals surface area contributed by atoms with E-state index in [1.54, 1.807) is 11.3 Å². The standard InChI is InChI=1S/C15H19NO2S/c1-11-4-3-5-15(8-11)18-7-6-14(17)9-13-10-19-12(2)16-13/h3-5,8,10,14,17H,6-7,9H2,1-2H3. The number of aromatic nitrogens is 1. The van der Waals surface area contributed by atoms with Crippen LogP contribution in [-0.4, -0.2) is 22.8 Å². The van der Waals surface area contributed by atoms with Crippen molar-refractivity contribution in [3.8, 4) is 5.75 Å². The number of hydrogen-bond donors (Lipinski definition) is 1. The van der Waals surface area contributed by atoms with Crippen molar-refractivity contribution in [1.82, 2.24) is 4.98 Å². The van der Waals surface area contributed by atoms with Gasteiger partial charge in [-0.3, -0.25) is 0 Å². The maximum absolute atomic E-state index is 9.93. The molecule has 19 heavy (non-hydrogen) atoms. The summed E-state index contributed by atoms with van der Waals surface area (Å²) in [6.45, 7) is 4.53. The fourth-order valence-electron chi connectivity index (χ4n) is 1.86. The van der Waals surface area contributed by atoms with Gasteiger partial charge in [-0.1, -0.05) is 12.1 Å². The van der Waals surface area contributed by atoms with Gasteiger partial charge in [-0.25, -0.2) is 4.98 Å². The molecule has 0 fully saturated rings. The van der Waals surface area contributed by atoms with E-state index in [1.807, 2.05) is 43.5 Å². The second-order valence-corrected chi connectivity index (χ2v) is 5.73. The Hall–Kier alpha value is -1.39. The molecule has 0 aliphatic rings. The van der Waals surface area contributed by atoms with Crippen molar-refractivity contribution in [2.75, 3.05) is 6.61 Å². The largest absolute Gasteiger partial charge is 0.493 e. The van der Waals surface area contributed by atoms with Crippen LogP contribution in [0.1, 0.15) is 22.7 Å². The molecule has 0 aliphatic heterocycles. The third kappa shape index (κ3) is 4.65. The quantitative estimate of drug-likeness (QED) is 0.882. The molecule has 0 radical (unpaired) electrons. The normalized spacial score (nSPS) is 12.4. The summed E-state index contributed by atoms with van der Waals surface area (Å²) >= 11 is 1.62. The van der Waals surface area contributed by atoms with Crippen LogP contribution in [0, 0.1) is 13.8 Å². The molecule has 0 aliphatic carbocycles. The predicted octanol–water partition coefficient (Wildman–Crippen LogP) is 3.13. The van der Waals surface area contributed by atoms with Gasteiger partial charge in [-0.2, -0.15) is 0 Å². The summed E-state index contributed by atoms with van der Waals surface area (Å²) in [5.41, 5.74) is 2.14. The Kier molecular flexibility index (Phi) is 4.93. The van der Waals surface area contributed by atoms with E-state index in [1.165, 1.54) is 5.56 Å². The molecule has 2 rings (SSSR count). The Bertz CT molecular complexity index is 524. The molecule has 0 amide bonds. The first kappa shape index (κ1) is 14.0. The molecule has 3 nitrogen and oxygen atoms in total. The molecule has 1 aromatic carbocycles. The first-order valence-corrected chi connectivity index (χ1v) is 7.30. The minimum atomic E-state index is -0.397. The minimum Gasteiger partial charge on any atom is -0.493 e. The van der Waals surface area contributed by atoms with Crippen LogP contribution in [0.4, 0.5) is 0 Å². The lowest BCUT2D eigenvalue weighted by molar-refractivity contribution is 0.138. The number of rotatable bonds is 6. The maximum atomic E-state index is 9.93. The van der Waals surface area contributed by atoms with Gasteiger partial charge in [-0.15, -0.1) is 11.3 Å². The van der Waals surface area contributed by atoms with Crippen molar-refractivity contribution >= 4 is 11.3 Å². The average Bonchev–Trinajstić information content (AvgIpc) is 2.75. The molecule has 4 heteroatoms. The Labute approximate surface area is 117 Å². The number of benzene rings is 1. The van der Waals surface area contributed by atoms with E-state index in [0.29, 0.717) is 19.4 Å². The zero-order chi connectivity index (χ0) is 13.7. The molecular weight excluding hydrogens is 258 g/mol. The monoisotopic (exact) mass is 277 g/mol. The van der Waals surface area contributed by atoms with Gasteiger partial charge < -0.3 is 9.84 Å². The number of nitrogens with zero attached hydrogens (tertiary/aromatic N) is 1. The lowest BCUT2D eigenvalue weighted by Crippen LogP contribution is -2.15. The first-order chi connectivity index (χ1) is 9.13. The highest BCUT2D eigenvalue weighted by atomic mass is 32.1. The van der Waals surface area contributed by atoms with Crippen molar-refractivity contribution in [1.29, 1.82) is 0 Å². The van der Waals surface area contributed by atoms with Gasteiger partial charge in [0.05, 0.1) is 23.4 Å². The van der Waals surface area contributed by atoms with Crippen LogP contribution in [0.3, 0.4) is 0 Å². The summed E-state index contributed by atoms with van der Waals surface area (Å²) in [6, 6.07) is 7.94. The van der Waals surface area contributed by atoms with E-state index in [2.05, 4.69) is 4.98 Å². The number of hydrogen-bond acceptors (Lipinski definition) is 4. The van der Waals surface area contributed by atoms with Crippen molar-refractivity contribution in [3.63, 3.8) is 0 Å². The topological polar surface area (TPSA) is 42.4 Å².